The smallest absolute Gasteiger partial charge is 0.251 e. The fourth-order valence-electron chi connectivity index (χ4n) is 3.57. The first-order valence-corrected chi connectivity index (χ1v) is 12.1. The van der Waals surface area contributed by atoms with E-state index < -0.39 is 10.0 Å². The molecule has 0 unspecified atom stereocenters. The van der Waals surface area contributed by atoms with Gasteiger partial charge in [0.25, 0.3) is 5.91 Å². The van der Waals surface area contributed by atoms with Crippen molar-refractivity contribution in [3.63, 3.8) is 0 Å². The molecule has 2 aromatic carbocycles. The van der Waals surface area contributed by atoms with E-state index in [9.17, 15) is 13.2 Å². The zero-order chi connectivity index (χ0) is 22.4. The van der Waals surface area contributed by atoms with E-state index in [2.05, 4.69) is 5.32 Å². The molecule has 0 spiro atoms. The van der Waals surface area contributed by atoms with Crippen LogP contribution in [0.1, 0.15) is 48.2 Å². The second-order valence-electron chi connectivity index (χ2n) is 7.42. The standard InChI is InChI=1S/C23H30N2O5S/c1-4-29-21-11-9-18(14-22(21)30-5-2)16-24-23(26)20-15-19(10-8-17(20)3)31(27,28)25-12-6-7-13-25/h8-11,14-15H,4-7,12-13,16H2,1-3H3,(H,24,26). The summed E-state index contributed by atoms with van der Waals surface area (Å²) in [6.45, 7) is 7.98. The van der Waals surface area contributed by atoms with E-state index in [0.717, 1.165) is 24.0 Å². The number of carbonyl (C=O) groups excluding carboxylic acids is 1. The Morgan fingerprint density at radius 3 is 2.35 bits per heavy atom. The van der Waals surface area contributed by atoms with Crippen molar-refractivity contribution in [2.45, 2.75) is 45.1 Å². The van der Waals surface area contributed by atoms with Crippen molar-refractivity contribution in [1.29, 1.82) is 0 Å². The number of nitrogens with zero attached hydrogens (tertiary/aromatic N) is 1. The lowest BCUT2D eigenvalue weighted by Gasteiger charge is -2.17. The molecule has 0 bridgehead atoms. The first kappa shape index (κ1) is 23.1. The predicted molar refractivity (Wildman–Crippen MR) is 119 cm³/mol. The Kier molecular flexibility index (Phi) is 7.56. The molecule has 31 heavy (non-hydrogen) atoms. The zero-order valence-corrected chi connectivity index (χ0v) is 19.1. The third-order valence-corrected chi connectivity index (χ3v) is 7.11. The first-order chi connectivity index (χ1) is 14.9. The number of hydrogen-bond donors (Lipinski definition) is 1. The van der Waals surface area contributed by atoms with Gasteiger partial charge in [-0.1, -0.05) is 12.1 Å². The maximum Gasteiger partial charge on any atom is 0.251 e. The number of sulfonamides is 1. The van der Waals surface area contributed by atoms with Crippen LogP contribution in [0.25, 0.3) is 0 Å². The Morgan fingerprint density at radius 1 is 1.00 bits per heavy atom. The quantitative estimate of drug-likeness (QED) is 0.637. The maximum atomic E-state index is 12.9. The van der Waals surface area contributed by atoms with Crippen LogP contribution in [0.15, 0.2) is 41.3 Å². The molecule has 0 aromatic heterocycles. The van der Waals surface area contributed by atoms with E-state index >= 15 is 0 Å². The molecule has 1 heterocycles. The minimum atomic E-state index is -3.58. The number of aryl methyl sites for hydroxylation is 1. The van der Waals surface area contributed by atoms with E-state index in [1.165, 1.54) is 10.4 Å². The minimum Gasteiger partial charge on any atom is -0.490 e. The second kappa shape index (κ2) is 10.2. The average molecular weight is 447 g/mol. The summed E-state index contributed by atoms with van der Waals surface area (Å²) in [6, 6.07) is 10.3. The van der Waals surface area contributed by atoms with Gasteiger partial charge in [0.05, 0.1) is 18.1 Å². The van der Waals surface area contributed by atoms with Crippen molar-refractivity contribution in [2.24, 2.45) is 0 Å². The number of amides is 1. The van der Waals surface area contributed by atoms with Gasteiger partial charge in [-0.05, 0) is 69.0 Å². The van der Waals surface area contributed by atoms with Crippen molar-refractivity contribution in [1.82, 2.24) is 9.62 Å². The van der Waals surface area contributed by atoms with Gasteiger partial charge >= 0.3 is 0 Å². The van der Waals surface area contributed by atoms with Crippen LogP contribution in [0.3, 0.4) is 0 Å². The lowest BCUT2D eigenvalue weighted by Crippen LogP contribution is -2.29. The SMILES string of the molecule is CCOc1ccc(CNC(=O)c2cc(S(=O)(=O)N3CCCC3)ccc2C)cc1OCC. The van der Waals surface area contributed by atoms with Gasteiger partial charge in [-0.2, -0.15) is 4.31 Å². The first-order valence-electron chi connectivity index (χ1n) is 10.6. The Labute approximate surface area is 184 Å². The molecule has 0 saturated carbocycles. The van der Waals surface area contributed by atoms with Gasteiger partial charge < -0.3 is 14.8 Å². The van der Waals surface area contributed by atoms with Gasteiger partial charge in [-0.25, -0.2) is 8.42 Å². The molecule has 1 amide bonds. The Morgan fingerprint density at radius 2 is 1.68 bits per heavy atom. The zero-order valence-electron chi connectivity index (χ0n) is 18.3. The summed E-state index contributed by atoms with van der Waals surface area (Å²) in [5.41, 5.74) is 1.94. The Hall–Kier alpha value is -2.58. The summed E-state index contributed by atoms with van der Waals surface area (Å²) < 4.78 is 38.4. The molecule has 0 atom stereocenters. The highest BCUT2D eigenvalue weighted by atomic mass is 32.2. The number of hydrogen-bond acceptors (Lipinski definition) is 5. The summed E-state index contributed by atoms with van der Waals surface area (Å²) in [4.78, 5) is 13.0. The van der Waals surface area contributed by atoms with Crippen LogP contribution in [0.4, 0.5) is 0 Å². The normalized spacial score (nSPS) is 14.4. The number of ether oxygens (including phenoxy) is 2. The highest BCUT2D eigenvalue weighted by Gasteiger charge is 2.28. The molecular formula is C23H30N2O5S. The molecule has 2 aromatic rings. The lowest BCUT2D eigenvalue weighted by molar-refractivity contribution is 0.0950. The summed E-state index contributed by atoms with van der Waals surface area (Å²) >= 11 is 0. The van der Waals surface area contributed by atoms with E-state index in [1.807, 2.05) is 32.0 Å². The molecular weight excluding hydrogens is 416 g/mol. The van der Waals surface area contributed by atoms with Gasteiger partial charge in [0.2, 0.25) is 10.0 Å². The van der Waals surface area contributed by atoms with Gasteiger partial charge in [0, 0.05) is 25.2 Å². The van der Waals surface area contributed by atoms with Crippen LogP contribution < -0.4 is 14.8 Å². The van der Waals surface area contributed by atoms with Gasteiger partial charge in [0.1, 0.15) is 0 Å². The second-order valence-corrected chi connectivity index (χ2v) is 9.36. The lowest BCUT2D eigenvalue weighted by atomic mass is 10.1. The molecule has 168 valence electrons. The van der Waals surface area contributed by atoms with Crippen molar-refractivity contribution in [2.75, 3.05) is 26.3 Å². The summed E-state index contributed by atoms with van der Waals surface area (Å²) in [5, 5.41) is 2.88. The topological polar surface area (TPSA) is 84.9 Å². The minimum absolute atomic E-state index is 0.157. The third kappa shape index (κ3) is 5.37. The molecule has 7 nitrogen and oxygen atoms in total. The third-order valence-electron chi connectivity index (χ3n) is 5.22. The van der Waals surface area contributed by atoms with E-state index in [1.54, 1.807) is 19.1 Å². The molecule has 1 N–H and O–H groups in total. The highest BCUT2D eigenvalue weighted by Crippen LogP contribution is 2.28. The monoisotopic (exact) mass is 446 g/mol. The van der Waals surface area contributed by atoms with Crippen LogP contribution in [0.2, 0.25) is 0 Å². The molecule has 0 aliphatic carbocycles. The predicted octanol–water partition coefficient (Wildman–Crippen LogP) is 3.51. The number of carbonyl (C=O) groups is 1. The number of nitrogens with one attached hydrogen (secondary N) is 1. The van der Waals surface area contributed by atoms with Crippen LogP contribution >= 0.6 is 0 Å². The molecule has 1 aliphatic rings. The number of benzene rings is 2. The highest BCUT2D eigenvalue weighted by molar-refractivity contribution is 7.89. The van der Waals surface area contributed by atoms with Crippen LogP contribution in [0.5, 0.6) is 11.5 Å². The van der Waals surface area contributed by atoms with E-state index in [4.69, 9.17) is 9.47 Å². The van der Waals surface area contributed by atoms with Gasteiger partial charge in [-0.15, -0.1) is 0 Å². The van der Waals surface area contributed by atoms with E-state index in [0.29, 0.717) is 43.4 Å². The fourth-order valence-corrected chi connectivity index (χ4v) is 5.11. The van der Waals surface area contributed by atoms with E-state index in [-0.39, 0.29) is 17.3 Å². The fraction of sp³-hybridized carbons (Fsp3) is 0.435. The van der Waals surface area contributed by atoms with Crippen LogP contribution in [-0.4, -0.2) is 44.9 Å². The molecule has 1 saturated heterocycles. The van der Waals surface area contributed by atoms with Gasteiger partial charge in [0.15, 0.2) is 11.5 Å². The number of rotatable bonds is 9. The van der Waals surface area contributed by atoms with Gasteiger partial charge in [-0.3, -0.25) is 4.79 Å². The Bertz CT molecular complexity index is 1030. The summed E-state index contributed by atoms with van der Waals surface area (Å²) in [5.74, 6) is 0.976. The van der Waals surface area contributed by atoms with Crippen LogP contribution in [0, 0.1) is 6.92 Å². The molecule has 8 heteroatoms. The summed E-state index contributed by atoms with van der Waals surface area (Å²) in [6.07, 6.45) is 1.73. The molecule has 0 radical (unpaired) electrons. The Balaban J connectivity index is 1.75. The molecule has 1 fully saturated rings. The van der Waals surface area contributed by atoms with Crippen molar-refractivity contribution < 1.29 is 22.7 Å². The maximum absolute atomic E-state index is 12.9. The molecule has 1 aliphatic heterocycles. The van der Waals surface area contributed by atoms with Crippen LogP contribution in [-0.2, 0) is 16.6 Å². The largest absolute Gasteiger partial charge is 0.490 e. The van der Waals surface area contributed by atoms with Crippen molar-refractivity contribution in [3.8, 4) is 11.5 Å². The average Bonchev–Trinajstić information content (AvgIpc) is 3.30. The van der Waals surface area contributed by atoms with Crippen molar-refractivity contribution in [3.05, 3.63) is 53.1 Å². The van der Waals surface area contributed by atoms with Crippen molar-refractivity contribution >= 4 is 15.9 Å². The summed E-state index contributed by atoms with van der Waals surface area (Å²) in [7, 11) is -3.58. The molecule has 3 rings (SSSR count).